The van der Waals surface area contributed by atoms with Gasteiger partial charge >= 0.3 is 0 Å². The lowest BCUT2D eigenvalue weighted by Crippen LogP contribution is -2.37. The highest BCUT2D eigenvalue weighted by molar-refractivity contribution is 7.15. The minimum absolute atomic E-state index is 0.236. The third kappa shape index (κ3) is 3.55. The monoisotopic (exact) mass is 309 g/mol. The lowest BCUT2D eigenvalue weighted by molar-refractivity contribution is 0.0382. The second-order valence-corrected chi connectivity index (χ2v) is 6.21. The summed E-state index contributed by atoms with van der Waals surface area (Å²) in [6.07, 6.45) is 1.03. The number of aliphatic hydroxyl groups is 1. The van der Waals surface area contributed by atoms with Crippen LogP contribution in [0.4, 0.5) is 9.52 Å². The molecule has 2 aromatic rings. The van der Waals surface area contributed by atoms with Crippen molar-refractivity contribution in [1.29, 1.82) is 0 Å². The lowest BCUT2D eigenvalue weighted by atomic mass is 10.0. The van der Waals surface area contributed by atoms with Crippen LogP contribution in [0.3, 0.4) is 0 Å². The van der Waals surface area contributed by atoms with Crippen molar-refractivity contribution in [2.75, 3.05) is 25.1 Å². The highest BCUT2D eigenvalue weighted by Gasteiger charge is 2.32. The fraction of sp³-hybridized carbons (Fsp3) is 0.429. The molecule has 1 saturated heterocycles. The van der Waals surface area contributed by atoms with Gasteiger partial charge in [-0.3, -0.25) is 0 Å². The number of rotatable bonds is 5. The molecule has 0 spiro atoms. The first-order chi connectivity index (χ1) is 10.1. The number of hydrogen-bond donors (Lipinski definition) is 2. The Morgan fingerprint density at radius 2 is 2.24 bits per heavy atom. The summed E-state index contributed by atoms with van der Waals surface area (Å²) in [7, 11) is 0. The quantitative estimate of drug-likeness (QED) is 0.882. The van der Waals surface area contributed by atoms with E-state index in [1.54, 1.807) is 18.2 Å². The standard InChI is InChI=1S/C14H16FN3O2S/c15-11-4-2-1-3-10(11)7-12-17-18-13(21-12)16-8-14(19)5-6-20-9-14/h1-4,19H,5-9H2,(H,16,18). The molecule has 0 amide bonds. The van der Waals surface area contributed by atoms with Crippen LogP contribution < -0.4 is 5.32 Å². The summed E-state index contributed by atoms with van der Waals surface area (Å²) in [4.78, 5) is 0. The van der Waals surface area contributed by atoms with Crippen molar-refractivity contribution in [2.24, 2.45) is 0 Å². The summed E-state index contributed by atoms with van der Waals surface area (Å²) in [5.41, 5.74) is -0.236. The highest BCUT2D eigenvalue weighted by Crippen LogP contribution is 2.23. The molecule has 2 N–H and O–H groups in total. The average Bonchev–Trinajstić information content (AvgIpc) is 3.09. The van der Waals surface area contributed by atoms with Crippen molar-refractivity contribution >= 4 is 16.5 Å². The SMILES string of the molecule is OC1(CNc2nnc(Cc3ccccc3F)s2)CCOC1. The molecule has 2 heterocycles. The fourth-order valence-electron chi connectivity index (χ4n) is 2.18. The zero-order valence-corrected chi connectivity index (χ0v) is 12.2. The van der Waals surface area contributed by atoms with Gasteiger partial charge in [-0.05, 0) is 11.6 Å². The van der Waals surface area contributed by atoms with Gasteiger partial charge in [-0.2, -0.15) is 0 Å². The Morgan fingerprint density at radius 1 is 1.38 bits per heavy atom. The number of hydrogen-bond acceptors (Lipinski definition) is 6. The van der Waals surface area contributed by atoms with E-state index >= 15 is 0 Å². The maximum absolute atomic E-state index is 13.6. The summed E-state index contributed by atoms with van der Waals surface area (Å²) >= 11 is 1.37. The Balaban J connectivity index is 1.60. The van der Waals surface area contributed by atoms with Crippen LogP contribution >= 0.6 is 11.3 Å². The number of nitrogens with zero attached hydrogens (tertiary/aromatic N) is 2. The van der Waals surface area contributed by atoms with Crippen molar-refractivity contribution in [2.45, 2.75) is 18.4 Å². The number of nitrogens with one attached hydrogen (secondary N) is 1. The number of halogens is 1. The molecule has 1 fully saturated rings. The summed E-state index contributed by atoms with van der Waals surface area (Å²) in [5, 5.41) is 22.6. The third-order valence-corrected chi connectivity index (χ3v) is 4.30. The maximum atomic E-state index is 13.6. The van der Waals surface area contributed by atoms with Gasteiger partial charge in [0.25, 0.3) is 0 Å². The molecular formula is C14H16FN3O2S. The summed E-state index contributed by atoms with van der Waals surface area (Å²) in [6, 6.07) is 6.64. The Bertz CT molecular complexity index is 614. The van der Waals surface area contributed by atoms with Crippen LogP contribution in [0.15, 0.2) is 24.3 Å². The Hall–Kier alpha value is -1.57. The van der Waals surface area contributed by atoms with Gasteiger partial charge in [0, 0.05) is 26.0 Å². The van der Waals surface area contributed by atoms with Crippen LogP contribution in [-0.4, -0.2) is 40.7 Å². The number of ether oxygens (including phenoxy) is 1. The second-order valence-electron chi connectivity index (χ2n) is 5.15. The predicted molar refractivity (Wildman–Crippen MR) is 78.0 cm³/mol. The smallest absolute Gasteiger partial charge is 0.205 e. The van der Waals surface area contributed by atoms with Crippen LogP contribution in [0, 0.1) is 5.82 Å². The second kappa shape index (κ2) is 6.05. The van der Waals surface area contributed by atoms with Gasteiger partial charge in [0.2, 0.25) is 5.13 Å². The highest BCUT2D eigenvalue weighted by atomic mass is 32.1. The summed E-state index contributed by atoms with van der Waals surface area (Å²) in [5.74, 6) is -0.236. The predicted octanol–water partition coefficient (Wildman–Crippen LogP) is 1.83. The van der Waals surface area contributed by atoms with E-state index in [-0.39, 0.29) is 5.82 Å². The molecule has 0 saturated carbocycles. The van der Waals surface area contributed by atoms with Gasteiger partial charge in [0.15, 0.2) is 0 Å². The zero-order valence-electron chi connectivity index (χ0n) is 11.4. The first-order valence-electron chi connectivity index (χ1n) is 6.74. The molecule has 21 heavy (non-hydrogen) atoms. The van der Waals surface area contributed by atoms with Crippen LogP contribution in [0.1, 0.15) is 17.0 Å². The van der Waals surface area contributed by atoms with Crippen molar-refractivity contribution < 1.29 is 14.2 Å². The number of benzene rings is 1. The van der Waals surface area contributed by atoms with Gasteiger partial charge < -0.3 is 15.2 Å². The normalized spacial score (nSPS) is 21.6. The van der Waals surface area contributed by atoms with Crippen LogP contribution in [-0.2, 0) is 11.2 Å². The molecule has 1 unspecified atom stereocenters. The molecule has 1 aliphatic heterocycles. The Morgan fingerprint density at radius 3 is 3.00 bits per heavy atom. The molecule has 0 radical (unpaired) electrons. The van der Waals surface area contributed by atoms with Gasteiger partial charge in [-0.1, -0.05) is 29.5 Å². The lowest BCUT2D eigenvalue weighted by Gasteiger charge is -2.19. The average molecular weight is 309 g/mol. The van der Waals surface area contributed by atoms with Crippen molar-refractivity contribution in [3.05, 3.63) is 40.7 Å². The molecular weight excluding hydrogens is 293 g/mol. The topological polar surface area (TPSA) is 67.3 Å². The molecule has 1 aromatic carbocycles. The molecule has 5 nitrogen and oxygen atoms in total. The van der Waals surface area contributed by atoms with Crippen molar-refractivity contribution in [3.8, 4) is 0 Å². The van der Waals surface area contributed by atoms with Crippen molar-refractivity contribution in [1.82, 2.24) is 10.2 Å². The molecule has 3 rings (SSSR count). The largest absolute Gasteiger partial charge is 0.386 e. The van der Waals surface area contributed by atoms with E-state index < -0.39 is 5.60 Å². The Kier molecular flexibility index (Phi) is 4.14. The van der Waals surface area contributed by atoms with Crippen LogP contribution in [0.2, 0.25) is 0 Å². The molecule has 1 aromatic heterocycles. The van der Waals surface area contributed by atoms with E-state index in [1.165, 1.54) is 17.4 Å². The van der Waals surface area contributed by atoms with E-state index in [0.29, 0.717) is 43.3 Å². The van der Waals surface area contributed by atoms with Gasteiger partial charge in [-0.25, -0.2) is 4.39 Å². The van der Waals surface area contributed by atoms with Gasteiger partial charge in [-0.15, -0.1) is 10.2 Å². The molecule has 1 atom stereocenters. The van der Waals surface area contributed by atoms with E-state index in [1.807, 2.05) is 0 Å². The summed E-state index contributed by atoms with van der Waals surface area (Å²) in [6.45, 7) is 1.29. The minimum Gasteiger partial charge on any atom is -0.386 e. The minimum atomic E-state index is -0.836. The van der Waals surface area contributed by atoms with Gasteiger partial charge in [0.1, 0.15) is 16.4 Å². The number of anilines is 1. The van der Waals surface area contributed by atoms with E-state index in [0.717, 1.165) is 5.01 Å². The summed E-state index contributed by atoms with van der Waals surface area (Å²) < 4.78 is 18.8. The number of aromatic nitrogens is 2. The molecule has 112 valence electrons. The fourth-order valence-corrected chi connectivity index (χ4v) is 2.94. The zero-order chi connectivity index (χ0) is 14.7. The first kappa shape index (κ1) is 14.4. The Labute approximate surface area is 125 Å². The maximum Gasteiger partial charge on any atom is 0.205 e. The molecule has 0 bridgehead atoms. The van der Waals surface area contributed by atoms with Crippen LogP contribution in [0.5, 0.6) is 0 Å². The van der Waals surface area contributed by atoms with Crippen LogP contribution in [0.25, 0.3) is 0 Å². The van der Waals surface area contributed by atoms with E-state index in [4.69, 9.17) is 4.74 Å². The molecule has 7 heteroatoms. The molecule has 0 aliphatic carbocycles. The van der Waals surface area contributed by atoms with Gasteiger partial charge in [0.05, 0.1) is 6.61 Å². The third-order valence-electron chi connectivity index (χ3n) is 3.42. The van der Waals surface area contributed by atoms with E-state index in [2.05, 4.69) is 15.5 Å². The van der Waals surface area contributed by atoms with Crippen molar-refractivity contribution in [3.63, 3.8) is 0 Å². The van der Waals surface area contributed by atoms with E-state index in [9.17, 15) is 9.50 Å². The first-order valence-corrected chi connectivity index (χ1v) is 7.56. The molecule has 1 aliphatic rings.